The molecule has 0 aromatic heterocycles. The van der Waals surface area contributed by atoms with Gasteiger partial charge in [-0.1, -0.05) is 38.6 Å². The van der Waals surface area contributed by atoms with Crippen molar-refractivity contribution in [2.45, 2.75) is 39.4 Å². The van der Waals surface area contributed by atoms with E-state index in [0.717, 1.165) is 16.4 Å². The molecule has 1 aromatic carbocycles. The van der Waals surface area contributed by atoms with E-state index in [1.165, 1.54) is 11.8 Å². The third-order valence-electron chi connectivity index (χ3n) is 4.05. The summed E-state index contributed by atoms with van der Waals surface area (Å²) in [5.41, 5.74) is 1.09. The Morgan fingerprint density at radius 3 is 2.70 bits per heavy atom. The van der Waals surface area contributed by atoms with Crippen LogP contribution >= 0.6 is 11.8 Å². The van der Waals surface area contributed by atoms with Gasteiger partial charge in [-0.25, -0.2) is 0 Å². The van der Waals surface area contributed by atoms with Gasteiger partial charge in [0.05, 0.1) is 17.5 Å². The van der Waals surface area contributed by atoms with Crippen LogP contribution in [0.1, 0.15) is 34.1 Å². The zero-order valence-corrected chi connectivity index (χ0v) is 17.0. The molecular formula is C20H26N4O2S. The number of benzene rings is 1. The molecule has 1 aliphatic heterocycles. The molecular weight excluding hydrogens is 360 g/mol. The van der Waals surface area contributed by atoms with E-state index in [4.69, 9.17) is 5.26 Å². The molecule has 1 unspecified atom stereocenters. The first-order valence-electron chi connectivity index (χ1n) is 8.96. The molecule has 1 saturated heterocycles. The number of thioether (sulfide) groups is 1. The molecule has 1 fully saturated rings. The van der Waals surface area contributed by atoms with Crippen molar-refractivity contribution in [2.75, 3.05) is 23.7 Å². The van der Waals surface area contributed by atoms with E-state index in [-0.39, 0.29) is 17.1 Å². The summed E-state index contributed by atoms with van der Waals surface area (Å²) in [6.07, 6.45) is 2.09. The number of anilines is 2. The fourth-order valence-corrected chi connectivity index (χ4v) is 3.72. The van der Waals surface area contributed by atoms with Gasteiger partial charge in [0.25, 0.3) is 0 Å². The minimum Gasteiger partial charge on any atom is -0.383 e. The van der Waals surface area contributed by atoms with E-state index in [1.807, 2.05) is 52.0 Å². The van der Waals surface area contributed by atoms with Crippen molar-refractivity contribution in [3.05, 3.63) is 35.4 Å². The second-order valence-electron chi connectivity index (χ2n) is 7.26. The highest BCUT2D eigenvalue weighted by Crippen LogP contribution is 2.35. The van der Waals surface area contributed by atoms with Crippen molar-refractivity contribution in [3.63, 3.8) is 0 Å². The van der Waals surface area contributed by atoms with Crippen molar-refractivity contribution < 1.29 is 9.59 Å². The molecule has 1 heterocycles. The Kier molecular flexibility index (Phi) is 6.92. The quantitative estimate of drug-likeness (QED) is 0.777. The summed E-state index contributed by atoms with van der Waals surface area (Å²) in [5, 5.41) is 15.6. The molecule has 0 saturated carbocycles. The monoisotopic (exact) mass is 386 g/mol. The maximum absolute atomic E-state index is 12.5. The van der Waals surface area contributed by atoms with Crippen LogP contribution in [0, 0.1) is 16.7 Å². The summed E-state index contributed by atoms with van der Waals surface area (Å²) in [6, 6.07) is 9.54. The summed E-state index contributed by atoms with van der Waals surface area (Å²) in [5.74, 6) is 0.00316. The number of amides is 2. The van der Waals surface area contributed by atoms with Gasteiger partial charge >= 0.3 is 0 Å². The SMILES string of the molecule is CCN1C(=O)C(CNc2cccc(NC(=O)C(C)(C)C)c2)SC1=CCC#N. The lowest BCUT2D eigenvalue weighted by Crippen LogP contribution is -2.32. The van der Waals surface area contributed by atoms with Crippen molar-refractivity contribution in [1.29, 1.82) is 5.26 Å². The van der Waals surface area contributed by atoms with Crippen LogP contribution in [-0.4, -0.2) is 35.1 Å². The van der Waals surface area contributed by atoms with Gasteiger partial charge < -0.3 is 15.5 Å². The molecule has 1 aliphatic rings. The molecule has 27 heavy (non-hydrogen) atoms. The highest BCUT2D eigenvalue weighted by Gasteiger charge is 2.35. The number of allylic oxidation sites excluding steroid dienone is 1. The Hall–Kier alpha value is -2.46. The van der Waals surface area contributed by atoms with Crippen LogP contribution in [0.5, 0.6) is 0 Å². The predicted octanol–water partition coefficient (Wildman–Crippen LogP) is 3.80. The lowest BCUT2D eigenvalue weighted by Gasteiger charge is -2.18. The first-order chi connectivity index (χ1) is 12.8. The number of rotatable bonds is 6. The van der Waals surface area contributed by atoms with Crippen LogP contribution in [0.4, 0.5) is 11.4 Å². The fourth-order valence-electron chi connectivity index (χ4n) is 2.51. The topological polar surface area (TPSA) is 85.2 Å². The molecule has 2 amide bonds. The summed E-state index contributed by atoms with van der Waals surface area (Å²) >= 11 is 1.48. The molecule has 2 rings (SSSR count). The van der Waals surface area contributed by atoms with Gasteiger partial charge in [0.1, 0.15) is 5.25 Å². The minimum atomic E-state index is -0.466. The van der Waals surface area contributed by atoms with Gasteiger partial charge in [0, 0.05) is 29.9 Å². The zero-order valence-electron chi connectivity index (χ0n) is 16.2. The molecule has 1 atom stereocenters. The average Bonchev–Trinajstić information content (AvgIpc) is 2.92. The van der Waals surface area contributed by atoms with Crippen LogP contribution in [-0.2, 0) is 9.59 Å². The molecule has 0 aliphatic carbocycles. The van der Waals surface area contributed by atoms with Gasteiger partial charge in [-0.15, -0.1) is 0 Å². The Labute approximate surface area is 165 Å². The number of nitriles is 1. The van der Waals surface area contributed by atoms with Crippen molar-refractivity contribution in [2.24, 2.45) is 5.41 Å². The van der Waals surface area contributed by atoms with Gasteiger partial charge in [0.2, 0.25) is 11.8 Å². The van der Waals surface area contributed by atoms with E-state index in [9.17, 15) is 9.59 Å². The molecule has 0 spiro atoms. The van der Waals surface area contributed by atoms with Crippen LogP contribution in [0.2, 0.25) is 0 Å². The molecule has 7 heteroatoms. The highest BCUT2D eigenvalue weighted by molar-refractivity contribution is 8.04. The first-order valence-corrected chi connectivity index (χ1v) is 9.84. The summed E-state index contributed by atoms with van der Waals surface area (Å²) in [7, 11) is 0. The van der Waals surface area contributed by atoms with Gasteiger partial charge in [-0.2, -0.15) is 5.26 Å². The average molecular weight is 387 g/mol. The smallest absolute Gasteiger partial charge is 0.242 e. The van der Waals surface area contributed by atoms with Crippen LogP contribution in [0.25, 0.3) is 0 Å². The van der Waals surface area contributed by atoms with E-state index in [1.54, 1.807) is 11.0 Å². The van der Waals surface area contributed by atoms with Crippen LogP contribution in [0.15, 0.2) is 35.4 Å². The standard InChI is InChI=1S/C20H26N4O2S/c1-5-24-17(10-7-11-21)27-16(18(24)25)13-22-14-8-6-9-15(12-14)23-19(26)20(2,3)4/h6,8-10,12,16,22H,5,7,13H2,1-4H3,(H,23,26). The van der Waals surface area contributed by atoms with Crippen molar-refractivity contribution in [1.82, 2.24) is 4.90 Å². The maximum atomic E-state index is 12.5. The number of carbonyl (C=O) groups is 2. The van der Waals surface area contributed by atoms with E-state index in [2.05, 4.69) is 16.7 Å². The highest BCUT2D eigenvalue weighted by atomic mass is 32.2. The Morgan fingerprint density at radius 2 is 2.07 bits per heavy atom. The van der Waals surface area contributed by atoms with Gasteiger partial charge in [-0.3, -0.25) is 9.59 Å². The van der Waals surface area contributed by atoms with E-state index < -0.39 is 5.41 Å². The minimum absolute atomic E-state index is 0.0490. The molecule has 0 radical (unpaired) electrons. The number of carbonyl (C=O) groups excluding carboxylic acids is 2. The third kappa shape index (κ3) is 5.51. The molecule has 2 N–H and O–H groups in total. The van der Waals surface area contributed by atoms with Crippen LogP contribution in [0.3, 0.4) is 0 Å². The number of nitrogens with zero attached hydrogens (tertiary/aromatic N) is 2. The van der Waals surface area contributed by atoms with Crippen LogP contribution < -0.4 is 10.6 Å². The van der Waals surface area contributed by atoms with Crippen molar-refractivity contribution >= 4 is 35.0 Å². The molecule has 0 bridgehead atoms. The summed E-state index contributed by atoms with van der Waals surface area (Å²) in [6.45, 7) is 8.59. The second-order valence-corrected chi connectivity index (χ2v) is 8.48. The molecule has 6 nitrogen and oxygen atoms in total. The number of hydrogen-bond acceptors (Lipinski definition) is 5. The predicted molar refractivity (Wildman–Crippen MR) is 110 cm³/mol. The normalized spacial score (nSPS) is 18.5. The lowest BCUT2D eigenvalue weighted by atomic mass is 9.95. The van der Waals surface area contributed by atoms with E-state index in [0.29, 0.717) is 19.5 Å². The first kappa shape index (κ1) is 20.8. The van der Waals surface area contributed by atoms with E-state index >= 15 is 0 Å². The number of nitrogens with one attached hydrogen (secondary N) is 2. The van der Waals surface area contributed by atoms with Gasteiger partial charge in [0.15, 0.2) is 0 Å². The molecule has 144 valence electrons. The summed E-state index contributed by atoms with van der Waals surface area (Å²) < 4.78 is 0. The van der Waals surface area contributed by atoms with Crippen molar-refractivity contribution in [3.8, 4) is 6.07 Å². The largest absolute Gasteiger partial charge is 0.383 e. The Bertz CT molecular complexity index is 777. The maximum Gasteiger partial charge on any atom is 0.242 e. The van der Waals surface area contributed by atoms with Gasteiger partial charge in [-0.05, 0) is 31.2 Å². The Morgan fingerprint density at radius 1 is 1.37 bits per heavy atom. The third-order valence-corrected chi connectivity index (χ3v) is 5.33. The zero-order chi connectivity index (χ0) is 20.0. The second kappa shape index (κ2) is 8.96. The molecule has 1 aromatic rings. The Balaban J connectivity index is 2.01. The summed E-state index contributed by atoms with van der Waals surface area (Å²) in [4.78, 5) is 26.4. The lowest BCUT2D eigenvalue weighted by molar-refractivity contribution is -0.127. The number of hydrogen-bond donors (Lipinski definition) is 2. The fraction of sp³-hybridized carbons (Fsp3) is 0.450.